The van der Waals surface area contributed by atoms with Crippen molar-refractivity contribution in [1.29, 1.82) is 0 Å². The molecule has 2 rings (SSSR count). The van der Waals surface area contributed by atoms with Gasteiger partial charge in [0, 0.05) is 32.1 Å². The molecule has 0 aromatic heterocycles. The summed E-state index contributed by atoms with van der Waals surface area (Å²) in [6, 6.07) is 0.295. The number of carboxylic acid groups (broad SMARTS) is 1. The molecule has 2 aliphatic rings. The van der Waals surface area contributed by atoms with E-state index in [0.29, 0.717) is 19.6 Å². The van der Waals surface area contributed by atoms with Crippen LogP contribution in [-0.2, 0) is 4.79 Å². The summed E-state index contributed by atoms with van der Waals surface area (Å²) < 4.78 is 0. The van der Waals surface area contributed by atoms with Crippen LogP contribution in [0.2, 0.25) is 0 Å². The van der Waals surface area contributed by atoms with E-state index in [1.54, 1.807) is 4.90 Å². The third-order valence-corrected chi connectivity index (χ3v) is 4.45. The Bertz CT molecular complexity index is 349. The van der Waals surface area contributed by atoms with Crippen molar-refractivity contribution in [2.75, 3.05) is 26.2 Å². The number of aliphatic carboxylic acids is 1. The van der Waals surface area contributed by atoms with E-state index in [9.17, 15) is 9.59 Å². The Hall–Kier alpha value is -1.30. The molecule has 0 aromatic rings. The molecule has 0 atom stereocenters. The van der Waals surface area contributed by atoms with Crippen LogP contribution in [0, 0.1) is 5.92 Å². The Labute approximate surface area is 119 Å². The molecule has 2 amide bonds. The summed E-state index contributed by atoms with van der Waals surface area (Å²) in [5, 5.41) is 17.9. The highest BCUT2D eigenvalue weighted by Gasteiger charge is 2.33. The predicted molar refractivity (Wildman–Crippen MR) is 73.4 cm³/mol. The van der Waals surface area contributed by atoms with Gasteiger partial charge in [-0.3, -0.25) is 4.79 Å². The molecule has 1 aliphatic heterocycles. The maximum atomic E-state index is 12.5. The van der Waals surface area contributed by atoms with E-state index in [0.717, 1.165) is 32.1 Å². The van der Waals surface area contributed by atoms with Gasteiger partial charge in [0.05, 0.1) is 6.61 Å². The Morgan fingerprint density at radius 2 is 1.80 bits per heavy atom. The molecular formula is C14H24N2O4. The lowest BCUT2D eigenvalue weighted by atomic mass is 9.91. The fourth-order valence-corrected chi connectivity index (χ4v) is 3.00. The molecule has 2 fully saturated rings. The Morgan fingerprint density at radius 3 is 2.25 bits per heavy atom. The first-order chi connectivity index (χ1) is 9.61. The number of likely N-dealkylation sites (tertiary alicyclic amines) is 1. The van der Waals surface area contributed by atoms with Gasteiger partial charge in [0.15, 0.2) is 0 Å². The molecule has 0 radical (unpaired) electrons. The minimum Gasteiger partial charge on any atom is -0.481 e. The number of hydrogen-bond acceptors (Lipinski definition) is 3. The van der Waals surface area contributed by atoms with Gasteiger partial charge in [-0.05, 0) is 38.0 Å². The summed E-state index contributed by atoms with van der Waals surface area (Å²) in [5.41, 5.74) is 0. The van der Waals surface area contributed by atoms with Crippen LogP contribution < -0.4 is 0 Å². The molecule has 2 N–H and O–H groups in total. The summed E-state index contributed by atoms with van der Waals surface area (Å²) in [7, 11) is 0. The van der Waals surface area contributed by atoms with Gasteiger partial charge >= 0.3 is 12.0 Å². The van der Waals surface area contributed by atoms with Crippen molar-refractivity contribution in [2.45, 2.75) is 44.6 Å². The first kappa shape index (κ1) is 15.1. The lowest BCUT2D eigenvalue weighted by Crippen LogP contribution is -2.53. The minimum absolute atomic E-state index is 0.00226. The Kier molecular flexibility index (Phi) is 5.23. The first-order valence-electron chi connectivity index (χ1n) is 7.50. The number of nitrogens with zero attached hydrogens (tertiary/aromatic N) is 2. The summed E-state index contributed by atoms with van der Waals surface area (Å²) in [5.74, 6) is -0.572. The van der Waals surface area contributed by atoms with E-state index in [4.69, 9.17) is 10.2 Å². The van der Waals surface area contributed by atoms with Gasteiger partial charge in [0.25, 0.3) is 0 Å². The second-order valence-electron chi connectivity index (χ2n) is 5.81. The Balaban J connectivity index is 1.84. The number of aliphatic hydroxyl groups excluding tert-OH is 1. The molecule has 1 aliphatic carbocycles. The molecule has 0 aromatic carbocycles. The average Bonchev–Trinajstić information content (AvgIpc) is 2.35. The van der Waals surface area contributed by atoms with Gasteiger partial charge in [-0.2, -0.15) is 0 Å². The second-order valence-corrected chi connectivity index (χ2v) is 5.81. The van der Waals surface area contributed by atoms with Crippen LogP contribution in [0.5, 0.6) is 0 Å². The second kappa shape index (κ2) is 6.92. The molecule has 114 valence electrons. The fourth-order valence-electron chi connectivity index (χ4n) is 3.00. The third kappa shape index (κ3) is 3.62. The number of carbonyl (C=O) groups excluding carboxylic acids is 1. The van der Waals surface area contributed by atoms with Gasteiger partial charge < -0.3 is 20.0 Å². The van der Waals surface area contributed by atoms with Crippen molar-refractivity contribution in [3.05, 3.63) is 0 Å². The highest BCUT2D eigenvalue weighted by molar-refractivity contribution is 5.75. The maximum Gasteiger partial charge on any atom is 0.320 e. The van der Waals surface area contributed by atoms with Crippen LogP contribution in [0.25, 0.3) is 0 Å². The maximum absolute atomic E-state index is 12.5. The zero-order valence-corrected chi connectivity index (χ0v) is 11.8. The summed E-state index contributed by atoms with van der Waals surface area (Å²) in [6.07, 6.45) is 4.93. The molecule has 6 nitrogen and oxygen atoms in total. The summed E-state index contributed by atoms with van der Waals surface area (Å²) >= 11 is 0. The van der Waals surface area contributed by atoms with Crippen LogP contribution in [-0.4, -0.2) is 64.3 Å². The van der Waals surface area contributed by atoms with E-state index in [1.165, 1.54) is 0 Å². The molecule has 1 heterocycles. The molecule has 1 saturated carbocycles. The number of amides is 2. The summed E-state index contributed by atoms with van der Waals surface area (Å²) in [6.45, 7) is 1.66. The van der Waals surface area contributed by atoms with Crippen molar-refractivity contribution in [1.82, 2.24) is 9.80 Å². The van der Waals surface area contributed by atoms with Crippen molar-refractivity contribution in [3.63, 3.8) is 0 Å². The Morgan fingerprint density at radius 1 is 1.15 bits per heavy atom. The summed E-state index contributed by atoms with van der Waals surface area (Å²) in [4.78, 5) is 26.8. The zero-order valence-electron chi connectivity index (χ0n) is 11.8. The van der Waals surface area contributed by atoms with Gasteiger partial charge in [-0.1, -0.05) is 0 Å². The highest BCUT2D eigenvalue weighted by Crippen LogP contribution is 2.27. The molecule has 6 heteroatoms. The van der Waals surface area contributed by atoms with Crippen LogP contribution >= 0.6 is 0 Å². The third-order valence-electron chi connectivity index (χ3n) is 4.45. The van der Waals surface area contributed by atoms with Crippen molar-refractivity contribution < 1.29 is 19.8 Å². The van der Waals surface area contributed by atoms with Gasteiger partial charge in [0.1, 0.15) is 0 Å². The average molecular weight is 284 g/mol. The quantitative estimate of drug-likeness (QED) is 0.793. The number of piperidine rings is 1. The zero-order chi connectivity index (χ0) is 14.5. The van der Waals surface area contributed by atoms with Crippen molar-refractivity contribution in [2.24, 2.45) is 5.92 Å². The van der Waals surface area contributed by atoms with E-state index >= 15 is 0 Å². The normalized spacial score (nSPS) is 20.6. The minimum atomic E-state index is -0.758. The standard InChI is InChI=1S/C14H24N2O4/c17-9-8-16(12-2-1-3-12)14(20)15-6-4-11(5-7-15)10-13(18)19/h11-12,17H,1-10H2,(H,18,19). The van der Waals surface area contributed by atoms with Gasteiger partial charge in [-0.25, -0.2) is 4.79 Å². The topological polar surface area (TPSA) is 81.1 Å². The van der Waals surface area contributed by atoms with Crippen LogP contribution in [0.3, 0.4) is 0 Å². The molecule has 0 bridgehead atoms. The number of aliphatic hydroxyl groups is 1. The number of urea groups is 1. The fraction of sp³-hybridized carbons (Fsp3) is 0.857. The van der Waals surface area contributed by atoms with E-state index < -0.39 is 5.97 Å². The monoisotopic (exact) mass is 284 g/mol. The van der Waals surface area contributed by atoms with E-state index in [1.807, 2.05) is 4.90 Å². The van der Waals surface area contributed by atoms with Crippen LogP contribution in [0.1, 0.15) is 38.5 Å². The van der Waals surface area contributed by atoms with E-state index in [2.05, 4.69) is 0 Å². The predicted octanol–water partition coefficient (Wildman–Crippen LogP) is 1.14. The van der Waals surface area contributed by atoms with E-state index in [-0.39, 0.29) is 31.0 Å². The SMILES string of the molecule is O=C(O)CC1CCN(C(=O)N(CCO)C2CCC2)CC1. The molecule has 1 saturated heterocycles. The van der Waals surface area contributed by atoms with Gasteiger partial charge in [0.2, 0.25) is 0 Å². The lowest BCUT2D eigenvalue weighted by Gasteiger charge is -2.41. The number of carboxylic acids is 1. The number of rotatable bonds is 5. The van der Waals surface area contributed by atoms with Crippen LogP contribution in [0.15, 0.2) is 0 Å². The molecule has 20 heavy (non-hydrogen) atoms. The lowest BCUT2D eigenvalue weighted by molar-refractivity contribution is -0.138. The smallest absolute Gasteiger partial charge is 0.320 e. The van der Waals surface area contributed by atoms with Crippen LogP contribution in [0.4, 0.5) is 4.79 Å². The molecular weight excluding hydrogens is 260 g/mol. The van der Waals surface area contributed by atoms with Crippen molar-refractivity contribution in [3.8, 4) is 0 Å². The largest absolute Gasteiger partial charge is 0.481 e. The first-order valence-corrected chi connectivity index (χ1v) is 7.50. The highest BCUT2D eigenvalue weighted by atomic mass is 16.4. The molecule has 0 spiro atoms. The number of carbonyl (C=O) groups is 2. The van der Waals surface area contributed by atoms with Crippen molar-refractivity contribution >= 4 is 12.0 Å². The molecule has 0 unspecified atom stereocenters. The van der Waals surface area contributed by atoms with Gasteiger partial charge in [-0.15, -0.1) is 0 Å². The number of hydrogen-bond donors (Lipinski definition) is 2.